The molecule has 0 aromatic rings. The van der Waals surface area contributed by atoms with Gasteiger partial charge in [-0.1, -0.05) is 109 Å². The fraction of sp³-hybridized carbons (Fsp3) is 1.00. The van der Waals surface area contributed by atoms with E-state index in [-0.39, 0.29) is 0 Å². The Morgan fingerprint density at radius 3 is 0.786 bits per heavy atom. The molecule has 0 aromatic carbocycles. The molecule has 3 rings (SSSR count). The van der Waals surface area contributed by atoms with Gasteiger partial charge in [-0.15, -0.1) is 0 Å². The first kappa shape index (κ1) is 26.3. The van der Waals surface area contributed by atoms with Crippen molar-refractivity contribution in [3.8, 4) is 0 Å². The molecule has 2 heterocycles. The summed E-state index contributed by atoms with van der Waals surface area (Å²) >= 11 is 2.10. The van der Waals surface area contributed by atoms with Gasteiger partial charge in [0.1, 0.15) is 0 Å². The van der Waals surface area contributed by atoms with Crippen LogP contribution in [0.4, 0.5) is 0 Å². The highest BCUT2D eigenvalue weighted by molar-refractivity contribution is 8.00. The van der Waals surface area contributed by atoms with Gasteiger partial charge in [-0.2, -0.15) is 11.8 Å². The van der Waals surface area contributed by atoms with Crippen LogP contribution < -0.4 is 0 Å². The second-order valence-electron chi connectivity index (χ2n) is 13.6. The molecule has 2 aliphatic heterocycles. The Labute approximate surface area is 182 Å². The summed E-state index contributed by atoms with van der Waals surface area (Å²) in [6.07, 6.45) is 6.00. The third-order valence-electron chi connectivity index (χ3n) is 8.14. The molecule has 0 aromatic heterocycles. The fourth-order valence-electron chi connectivity index (χ4n) is 4.84. The minimum atomic E-state index is 0.351. The molecule has 28 heavy (non-hydrogen) atoms. The number of hydrogen-bond donors (Lipinski definition) is 0. The maximum absolute atomic E-state index is 5.39. The summed E-state index contributed by atoms with van der Waals surface area (Å²) in [5.74, 6) is 2.69. The standard InChI is InChI=1S/C11H22O.C11H22S.C4H8/c2*1-9(2,3)11(7-12-8-11)10(4,5)6;1-2-4-3-1/h2*7-8H2,1-6H3;1-4H2. The number of thioether (sulfide) groups is 1. The lowest BCUT2D eigenvalue weighted by Gasteiger charge is -2.59. The van der Waals surface area contributed by atoms with E-state index in [0.717, 1.165) is 13.2 Å². The molecular weight excluding hydrogens is 360 g/mol. The molecule has 168 valence electrons. The molecule has 0 N–H and O–H groups in total. The largest absolute Gasteiger partial charge is 0.380 e. The molecule has 0 radical (unpaired) electrons. The Morgan fingerprint density at radius 2 is 0.786 bits per heavy atom. The van der Waals surface area contributed by atoms with E-state index < -0.39 is 0 Å². The van der Waals surface area contributed by atoms with Crippen molar-refractivity contribution < 1.29 is 4.74 Å². The highest BCUT2D eigenvalue weighted by atomic mass is 32.2. The summed E-state index contributed by atoms with van der Waals surface area (Å²) in [5.41, 5.74) is 2.55. The Balaban J connectivity index is 0.000000233. The molecule has 3 fully saturated rings. The van der Waals surface area contributed by atoms with Crippen molar-refractivity contribution in [1.82, 2.24) is 0 Å². The van der Waals surface area contributed by atoms with E-state index in [4.69, 9.17) is 4.74 Å². The van der Waals surface area contributed by atoms with Crippen molar-refractivity contribution in [3.05, 3.63) is 0 Å². The van der Waals surface area contributed by atoms with E-state index >= 15 is 0 Å². The molecule has 0 bridgehead atoms. The molecule has 1 saturated carbocycles. The van der Waals surface area contributed by atoms with Crippen LogP contribution in [0, 0.1) is 32.5 Å². The third kappa shape index (κ3) is 5.32. The van der Waals surface area contributed by atoms with Crippen LogP contribution in [-0.2, 0) is 4.74 Å². The second-order valence-corrected chi connectivity index (χ2v) is 14.5. The van der Waals surface area contributed by atoms with Crippen molar-refractivity contribution in [2.45, 2.75) is 109 Å². The van der Waals surface area contributed by atoms with Crippen molar-refractivity contribution in [3.63, 3.8) is 0 Å². The number of rotatable bonds is 0. The lowest BCUT2D eigenvalue weighted by atomic mass is 9.53. The smallest absolute Gasteiger partial charge is 0.0554 e. The summed E-state index contributed by atoms with van der Waals surface area (Å²) in [5, 5.41) is 0. The van der Waals surface area contributed by atoms with E-state index in [1.165, 1.54) is 37.2 Å². The summed E-state index contributed by atoms with van der Waals surface area (Å²) in [4.78, 5) is 0. The lowest BCUT2D eigenvalue weighted by molar-refractivity contribution is -0.224. The summed E-state index contributed by atoms with van der Waals surface area (Å²) < 4.78 is 5.39. The molecule has 0 spiro atoms. The highest BCUT2D eigenvalue weighted by Gasteiger charge is 2.56. The summed E-state index contributed by atoms with van der Waals surface area (Å²) in [7, 11) is 0. The van der Waals surface area contributed by atoms with Gasteiger partial charge >= 0.3 is 0 Å². The van der Waals surface area contributed by atoms with Gasteiger partial charge in [0.05, 0.1) is 13.2 Å². The zero-order valence-corrected chi connectivity index (χ0v) is 22.3. The molecule has 0 unspecified atom stereocenters. The lowest BCUT2D eigenvalue weighted by Crippen LogP contribution is -2.59. The minimum Gasteiger partial charge on any atom is -0.380 e. The van der Waals surface area contributed by atoms with Gasteiger partial charge in [0.2, 0.25) is 0 Å². The number of hydrogen-bond acceptors (Lipinski definition) is 2. The van der Waals surface area contributed by atoms with Crippen molar-refractivity contribution in [2.24, 2.45) is 32.5 Å². The normalized spacial score (nSPS) is 23.6. The van der Waals surface area contributed by atoms with Gasteiger partial charge in [-0.05, 0) is 27.1 Å². The molecule has 1 nitrogen and oxygen atoms in total. The van der Waals surface area contributed by atoms with Crippen LogP contribution in [-0.4, -0.2) is 24.7 Å². The summed E-state index contributed by atoms with van der Waals surface area (Å²) in [6.45, 7) is 30.1. The van der Waals surface area contributed by atoms with Crippen LogP contribution in [0.25, 0.3) is 0 Å². The molecular formula is C26H52OS. The molecule has 2 heteroatoms. The van der Waals surface area contributed by atoms with E-state index in [2.05, 4.69) is 94.8 Å². The number of ether oxygens (including phenoxy) is 1. The van der Waals surface area contributed by atoms with Crippen LogP contribution >= 0.6 is 11.8 Å². The Hall–Kier alpha value is 0.310. The van der Waals surface area contributed by atoms with Crippen LogP contribution in [0.15, 0.2) is 0 Å². The maximum atomic E-state index is 5.39. The average Bonchev–Trinajstić information content (AvgIpc) is 2.11. The zero-order chi connectivity index (χ0) is 22.1. The summed E-state index contributed by atoms with van der Waals surface area (Å²) in [6, 6.07) is 0. The molecule has 2 saturated heterocycles. The maximum Gasteiger partial charge on any atom is 0.0554 e. The zero-order valence-electron chi connectivity index (χ0n) is 21.5. The van der Waals surface area contributed by atoms with Crippen LogP contribution in [0.3, 0.4) is 0 Å². The first-order valence-electron chi connectivity index (χ1n) is 11.6. The monoisotopic (exact) mass is 412 g/mol. The van der Waals surface area contributed by atoms with Crippen molar-refractivity contribution in [2.75, 3.05) is 24.7 Å². The quantitative estimate of drug-likeness (QED) is 0.394. The molecule has 0 atom stereocenters. The molecule has 3 aliphatic rings. The predicted molar refractivity (Wildman–Crippen MR) is 129 cm³/mol. The SMILES string of the molecule is C1CCC1.CC(C)(C)C1(C(C)(C)C)COC1.CC(C)(C)C1(C(C)(C)C)CSC1. The first-order chi connectivity index (χ1) is 12.4. The fourth-order valence-corrected chi connectivity index (χ4v) is 7.19. The van der Waals surface area contributed by atoms with Gasteiger partial charge in [0, 0.05) is 16.9 Å². The Morgan fingerprint density at radius 1 is 0.500 bits per heavy atom. The van der Waals surface area contributed by atoms with Crippen molar-refractivity contribution >= 4 is 11.8 Å². The Bertz CT molecular complexity index is 389. The molecule has 0 amide bonds. The second kappa shape index (κ2) is 8.81. The van der Waals surface area contributed by atoms with Gasteiger partial charge in [0.15, 0.2) is 0 Å². The van der Waals surface area contributed by atoms with E-state index in [1.807, 2.05) is 0 Å². The van der Waals surface area contributed by atoms with E-state index in [0.29, 0.717) is 32.5 Å². The topological polar surface area (TPSA) is 9.23 Å². The Kier molecular flexibility index (Phi) is 8.29. The van der Waals surface area contributed by atoms with Gasteiger partial charge in [0.25, 0.3) is 0 Å². The average molecular weight is 413 g/mol. The van der Waals surface area contributed by atoms with E-state index in [9.17, 15) is 0 Å². The van der Waals surface area contributed by atoms with Crippen LogP contribution in [0.1, 0.15) is 109 Å². The van der Waals surface area contributed by atoms with E-state index in [1.54, 1.807) is 0 Å². The van der Waals surface area contributed by atoms with Crippen LogP contribution in [0.5, 0.6) is 0 Å². The van der Waals surface area contributed by atoms with Crippen LogP contribution in [0.2, 0.25) is 0 Å². The van der Waals surface area contributed by atoms with Gasteiger partial charge in [-0.3, -0.25) is 0 Å². The van der Waals surface area contributed by atoms with Gasteiger partial charge < -0.3 is 4.74 Å². The minimum absolute atomic E-state index is 0.351. The third-order valence-corrected chi connectivity index (χ3v) is 9.53. The van der Waals surface area contributed by atoms with Gasteiger partial charge in [-0.25, -0.2) is 0 Å². The molecule has 1 aliphatic carbocycles. The highest BCUT2D eigenvalue weighted by Crippen LogP contribution is 2.60. The first-order valence-corrected chi connectivity index (χ1v) is 12.7. The predicted octanol–water partition coefficient (Wildman–Crippen LogP) is 8.47. The van der Waals surface area contributed by atoms with Crippen molar-refractivity contribution in [1.29, 1.82) is 0 Å².